The number of nitrogens with zero attached hydrogens (tertiary/aromatic N) is 1. The van der Waals surface area contributed by atoms with Gasteiger partial charge < -0.3 is 15.7 Å². The summed E-state index contributed by atoms with van der Waals surface area (Å²) in [5.74, 6) is -0.0343. The average molecular weight is 347 g/mol. The van der Waals surface area contributed by atoms with E-state index in [4.69, 9.17) is 5.11 Å². The van der Waals surface area contributed by atoms with Gasteiger partial charge in [0.25, 0.3) is 0 Å². The van der Waals surface area contributed by atoms with Crippen molar-refractivity contribution in [1.29, 1.82) is 0 Å². The Kier molecular flexibility index (Phi) is 7.35. The molecule has 2 aromatic rings. The van der Waals surface area contributed by atoms with Crippen LogP contribution in [-0.2, 0) is 19.6 Å². The molecule has 0 unspecified atom stereocenters. The Morgan fingerprint density at radius 2 is 1.80 bits per heavy atom. The molecular weight excluding hydrogens is 324 g/mol. The summed E-state index contributed by atoms with van der Waals surface area (Å²) in [6.07, 6.45) is 0.544. The maximum Gasteiger partial charge on any atom is 0.191 e. The molecule has 0 saturated carbocycles. The van der Waals surface area contributed by atoms with Crippen molar-refractivity contribution in [2.24, 2.45) is 4.99 Å². The van der Waals surface area contributed by atoms with Gasteiger partial charge in [0.2, 0.25) is 0 Å². The van der Waals surface area contributed by atoms with Crippen LogP contribution < -0.4 is 10.6 Å². The first kappa shape index (κ1) is 18.9. The summed E-state index contributed by atoms with van der Waals surface area (Å²) >= 11 is 0. The zero-order valence-electron chi connectivity index (χ0n) is 14.2. The van der Waals surface area contributed by atoms with Crippen LogP contribution in [0.2, 0.25) is 0 Å². The standard InChI is InChI=1S/C19H23F2N3O/c1-2-22-19(23-10-9-15-5-3-4-6-17(15)20)24-12-14-7-8-18(21)16(11-14)13-25/h3-8,11,25H,2,9-10,12-13H2,1H3,(H2,22,23,24). The van der Waals surface area contributed by atoms with Crippen LogP contribution >= 0.6 is 0 Å². The highest BCUT2D eigenvalue weighted by atomic mass is 19.1. The number of guanidine groups is 1. The van der Waals surface area contributed by atoms with E-state index in [1.54, 1.807) is 24.3 Å². The third kappa shape index (κ3) is 5.83. The molecule has 0 heterocycles. The van der Waals surface area contributed by atoms with Crippen molar-refractivity contribution in [1.82, 2.24) is 10.6 Å². The minimum Gasteiger partial charge on any atom is -0.392 e. The first-order chi connectivity index (χ1) is 12.1. The van der Waals surface area contributed by atoms with Gasteiger partial charge in [0.15, 0.2) is 5.96 Å². The number of hydrogen-bond acceptors (Lipinski definition) is 2. The van der Waals surface area contributed by atoms with Crippen LogP contribution in [0.1, 0.15) is 23.6 Å². The summed E-state index contributed by atoms with van der Waals surface area (Å²) in [5.41, 5.74) is 1.71. The van der Waals surface area contributed by atoms with E-state index in [2.05, 4.69) is 15.6 Å². The fourth-order valence-electron chi connectivity index (χ4n) is 2.38. The molecule has 0 spiro atoms. The fourth-order valence-corrected chi connectivity index (χ4v) is 2.38. The van der Waals surface area contributed by atoms with E-state index in [0.29, 0.717) is 37.6 Å². The van der Waals surface area contributed by atoms with E-state index in [-0.39, 0.29) is 18.0 Å². The number of hydrogen-bond donors (Lipinski definition) is 3. The summed E-state index contributed by atoms with van der Waals surface area (Å²) < 4.78 is 27.0. The van der Waals surface area contributed by atoms with Gasteiger partial charge in [-0.2, -0.15) is 0 Å². The molecule has 0 amide bonds. The van der Waals surface area contributed by atoms with E-state index in [0.717, 1.165) is 5.56 Å². The number of aliphatic hydroxyl groups is 1. The van der Waals surface area contributed by atoms with Gasteiger partial charge in [-0.25, -0.2) is 13.8 Å². The largest absolute Gasteiger partial charge is 0.392 e. The predicted molar refractivity (Wildman–Crippen MR) is 95.2 cm³/mol. The molecule has 6 heteroatoms. The molecule has 2 aromatic carbocycles. The molecular formula is C19H23F2N3O. The SMILES string of the molecule is CCNC(=NCc1ccc(F)c(CO)c1)NCCc1ccccc1F. The molecule has 0 radical (unpaired) electrons. The normalized spacial score (nSPS) is 11.4. The van der Waals surface area contributed by atoms with Crippen molar-refractivity contribution in [2.75, 3.05) is 13.1 Å². The first-order valence-corrected chi connectivity index (χ1v) is 8.27. The number of benzene rings is 2. The van der Waals surface area contributed by atoms with Crippen molar-refractivity contribution in [2.45, 2.75) is 26.5 Å². The quantitative estimate of drug-likeness (QED) is 0.533. The van der Waals surface area contributed by atoms with Gasteiger partial charge in [-0.15, -0.1) is 0 Å². The summed E-state index contributed by atoms with van der Waals surface area (Å²) in [6, 6.07) is 11.3. The number of nitrogens with one attached hydrogen (secondary N) is 2. The molecule has 4 nitrogen and oxygen atoms in total. The van der Waals surface area contributed by atoms with Crippen LogP contribution in [0.4, 0.5) is 8.78 Å². The lowest BCUT2D eigenvalue weighted by atomic mass is 10.1. The van der Waals surface area contributed by atoms with Gasteiger partial charge in [-0.3, -0.25) is 0 Å². The van der Waals surface area contributed by atoms with Gasteiger partial charge in [0.1, 0.15) is 11.6 Å². The summed E-state index contributed by atoms with van der Waals surface area (Å²) in [4.78, 5) is 4.44. The number of aliphatic hydroxyl groups excluding tert-OH is 1. The molecule has 0 aromatic heterocycles. The van der Waals surface area contributed by atoms with Gasteiger partial charge in [-0.1, -0.05) is 24.3 Å². The Morgan fingerprint density at radius 1 is 1.04 bits per heavy atom. The maximum atomic E-state index is 13.6. The van der Waals surface area contributed by atoms with Crippen molar-refractivity contribution in [3.8, 4) is 0 Å². The van der Waals surface area contributed by atoms with E-state index in [1.165, 1.54) is 12.1 Å². The topological polar surface area (TPSA) is 56.7 Å². The van der Waals surface area contributed by atoms with Gasteiger partial charge >= 0.3 is 0 Å². The number of aliphatic imine (C=N–C) groups is 1. The lowest BCUT2D eigenvalue weighted by Crippen LogP contribution is -2.38. The van der Waals surface area contributed by atoms with Crippen LogP contribution in [0.5, 0.6) is 0 Å². The Morgan fingerprint density at radius 3 is 2.52 bits per heavy atom. The third-order valence-electron chi connectivity index (χ3n) is 3.69. The van der Waals surface area contributed by atoms with Crippen LogP contribution in [0.25, 0.3) is 0 Å². The van der Waals surface area contributed by atoms with E-state index in [1.807, 2.05) is 13.0 Å². The maximum absolute atomic E-state index is 13.6. The predicted octanol–water partition coefficient (Wildman–Crippen LogP) is 2.75. The van der Waals surface area contributed by atoms with E-state index < -0.39 is 5.82 Å². The average Bonchev–Trinajstić information content (AvgIpc) is 2.62. The molecule has 3 N–H and O–H groups in total. The van der Waals surface area contributed by atoms with E-state index >= 15 is 0 Å². The minimum absolute atomic E-state index is 0.214. The molecule has 0 atom stereocenters. The lowest BCUT2D eigenvalue weighted by molar-refractivity contribution is 0.275. The highest BCUT2D eigenvalue weighted by Gasteiger charge is 2.04. The molecule has 0 aliphatic rings. The van der Waals surface area contributed by atoms with Crippen LogP contribution in [0.3, 0.4) is 0 Å². The second kappa shape index (κ2) is 9.74. The Bertz CT molecular complexity index is 720. The van der Waals surface area contributed by atoms with Crippen LogP contribution in [0, 0.1) is 11.6 Å². The Hall–Kier alpha value is -2.47. The number of rotatable bonds is 7. The van der Waals surface area contributed by atoms with Crippen molar-refractivity contribution < 1.29 is 13.9 Å². The molecule has 2 rings (SSSR count). The zero-order valence-corrected chi connectivity index (χ0v) is 14.2. The summed E-state index contributed by atoms with van der Waals surface area (Å²) in [6.45, 7) is 3.19. The van der Waals surface area contributed by atoms with Crippen molar-refractivity contribution in [3.63, 3.8) is 0 Å². The first-order valence-electron chi connectivity index (χ1n) is 8.27. The molecule has 0 aliphatic carbocycles. The monoisotopic (exact) mass is 347 g/mol. The summed E-state index contributed by atoms with van der Waals surface area (Å²) in [7, 11) is 0. The Balaban J connectivity index is 1.95. The minimum atomic E-state index is -0.426. The molecule has 134 valence electrons. The van der Waals surface area contributed by atoms with Crippen LogP contribution in [-0.4, -0.2) is 24.2 Å². The smallest absolute Gasteiger partial charge is 0.191 e. The van der Waals surface area contributed by atoms with Gasteiger partial charge in [0, 0.05) is 18.7 Å². The molecule has 0 fully saturated rings. The molecule has 25 heavy (non-hydrogen) atoms. The molecule has 0 bridgehead atoms. The second-order valence-electron chi connectivity index (χ2n) is 5.55. The number of halogens is 2. The molecule has 0 aliphatic heterocycles. The lowest BCUT2D eigenvalue weighted by Gasteiger charge is -2.12. The van der Waals surface area contributed by atoms with Gasteiger partial charge in [-0.05, 0) is 42.7 Å². The van der Waals surface area contributed by atoms with Crippen molar-refractivity contribution in [3.05, 3.63) is 70.8 Å². The fraction of sp³-hybridized carbons (Fsp3) is 0.316. The highest BCUT2D eigenvalue weighted by molar-refractivity contribution is 5.79. The van der Waals surface area contributed by atoms with Crippen molar-refractivity contribution >= 4 is 5.96 Å². The molecule has 0 saturated heterocycles. The van der Waals surface area contributed by atoms with E-state index in [9.17, 15) is 8.78 Å². The zero-order chi connectivity index (χ0) is 18.1. The second-order valence-corrected chi connectivity index (χ2v) is 5.55. The third-order valence-corrected chi connectivity index (χ3v) is 3.69. The highest BCUT2D eigenvalue weighted by Crippen LogP contribution is 2.11. The Labute approximate surface area is 146 Å². The van der Waals surface area contributed by atoms with Crippen LogP contribution in [0.15, 0.2) is 47.5 Å². The summed E-state index contributed by atoms with van der Waals surface area (Å²) in [5, 5.41) is 15.4. The van der Waals surface area contributed by atoms with Gasteiger partial charge in [0.05, 0.1) is 13.2 Å².